The van der Waals surface area contributed by atoms with Crippen molar-refractivity contribution in [2.45, 2.75) is 24.8 Å². The van der Waals surface area contributed by atoms with Crippen molar-refractivity contribution in [2.24, 2.45) is 0 Å². The van der Waals surface area contributed by atoms with E-state index in [1.165, 1.54) is 16.7 Å². The number of hydrogen-bond acceptors (Lipinski definition) is 7. The lowest BCUT2D eigenvalue weighted by molar-refractivity contribution is 0.369. The van der Waals surface area contributed by atoms with Gasteiger partial charge in [0, 0.05) is 35.4 Å². The summed E-state index contributed by atoms with van der Waals surface area (Å²) in [5.41, 5.74) is 4.27. The van der Waals surface area contributed by atoms with Crippen LogP contribution in [0.15, 0.2) is 65.7 Å². The van der Waals surface area contributed by atoms with Crippen LogP contribution in [-0.2, 0) is 22.8 Å². The molecular formula is C26H22N4O5S. The van der Waals surface area contributed by atoms with Crippen LogP contribution in [0.25, 0.3) is 22.6 Å². The second-order valence-electron chi connectivity index (χ2n) is 8.62. The van der Waals surface area contributed by atoms with Crippen LogP contribution >= 0.6 is 0 Å². The van der Waals surface area contributed by atoms with Crippen molar-refractivity contribution in [3.05, 3.63) is 77.5 Å². The van der Waals surface area contributed by atoms with Gasteiger partial charge in [-0.3, -0.25) is 9.55 Å². The second-order valence-corrected chi connectivity index (χ2v) is 10.9. The zero-order chi connectivity index (χ0) is 25.0. The van der Waals surface area contributed by atoms with Crippen molar-refractivity contribution in [2.75, 3.05) is 5.75 Å². The SMILES string of the molecule is CCS(=O)(=O)c1ccc(Oc2cc3nc(-c4ccccn4)[nH]c3cc2Cn2c(O)c3c(c2O)C3)cc1. The summed E-state index contributed by atoms with van der Waals surface area (Å²) in [4.78, 5) is 12.5. The number of imidazole rings is 1. The molecule has 6 rings (SSSR count). The Morgan fingerprint density at radius 2 is 1.81 bits per heavy atom. The number of pyridine rings is 1. The molecular weight excluding hydrogens is 480 g/mol. The Morgan fingerprint density at radius 1 is 1.06 bits per heavy atom. The van der Waals surface area contributed by atoms with Crippen LogP contribution in [0.4, 0.5) is 0 Å². The minimum Gasteiger partial charge on any atom is -0.494 e. The lowest BCUT2D eigenvalue weighted by Crippen LogP contribution is -2.04. The quantitative estimate of drug-likeness (QED) is 0.295. The Bertz CT molecular complexity index is 1700. The predicted molar refractivity (Wildman–Crippen MR) is 133 cm³/mol. The minimum atomic E-state index is -3.33. The molecule has 0 spiro atoms. The van der Waals surface area contributed by atoms with Crippen molar-refractivity contribution in [3.63, 3.8) is 0 Å². The molecule has 5 aromatic rings. The molecule has 0 aliphatic heterocycles. The van der Waals surface area contributed by atoms with Crippen LogP contribution < -0.4 is 4.74 Å². The van der Waals surface area contributed by atoms with E-state index in [-0.39, 0.29) is 29.0 Å². The molecule has 9 nitrogen and oxygen atoms in total. The van der Waals surface area contributed by atoms with Gasteiger partial charge in [0.2, 0.25) is 0 Å². The first-order chi connectivity index (χ1) is 17.3. The summed E-state index contributed by atoms with van der Waals surface area (Å²) in [6, 6.07) is 15.4. The Kier molecular flexibility index (Phi) is 5.01. The lowest BCUT2D eigenvalue weighted by atomic mass is 10.1. The van der Waals surface area contributed by atoms with E-state index in [0.717, 1.165) is 16.6 Å². The largest absolute Gasteiger partial charge is 0.494 e. The number of aromatic amines is 1. The van der Waals surface area contributed by atoms with Gasteiger partial charge in [-0.2, -0.15) is 0 Å². The van der Waals surface area contributed by atoms with Gasteiger partial charge in [-0.15, -0.1) is 0 Å². The molecule has 182 valence electrons. The summed E-state index contributed by atoms with van der Waals surface area (Å²) >= 11 is 0. The van der Waals surface area contributed by atoms with E-state index in [2.05, 4.69) is 15.0 Å². The molecule has 0 saturated carbocycles. The minimum absolute atomic E-state index is 0.0135. The molecule has 3 N–H and O–H groups in total. The second kappa shape index (κ2) is 8.13. The van der Waals surface area contributed by atoms with Crippen LogP contribution in [-0.4, -0.2) is 43.9 Å². The van der Waals surface area contributed by atoms with E-state index in [1.807, 2.05) is 24.3 Å². The first kappa shape index (κ1) is 22.2. The molecule has 0 saturated heterocycles. The van der Waals surface area contributed by atoms with Crippen molar-refractivity contribution < 1.29 is 23.4 Å². The van der Waals surface area contributed by atoms with Gasteiger partial charge in [-0.1, -0.05) is 13.0 Å². The zero-order valence-corrected chi connectivity index (χ0v) is 20.1. The Labute approximate surface area is 206 Å². The maximum atomic E-state index is 12.2. The van der Waals surface area contributed by atoms with Gasteiger partial charge in [0.1, 0.15) is 17.2 Å². The molecule has 1 aliphatic rings. The number of rotatable bonds is 7. The van der Waals surface area contributed by atoms with Gasteiger partial charge in [0.15, 0.2) is 27.4 Å². The molecule has 0 unspecified atom stereocenters. The van der Waals surface area contributed by atoms with Crippen molar-refractivity contribution >= 4 is 20.9 Å². The number of aromatic hydroxyl groups is 2. The number of sulfone groups is 1. The van der Waals surface area contributed by atoms with E-state index in [1.54, 1.807) is 31.3 Å². The monoisotopic (exact) mass is 502 g/mol. The average molecular weight is 503 g/mol. The number of H-pyrrole nitrogens is 1. The predicted octanol–water partition coefficient (Wildman–Crippen LogP) is 4.38. The molecule has 36 heavy (non-hydrogen) atoms. The molecule has 3 aromatic heterocycles. The summed E-state index contributed by atoms with van der Waals surface area (Å²) < 4.78 is 31.9. The molecule has 1 aliphatic carbocycles. The maximum absolute atomic E-state index is 12.2. The highest BCUT2D eigenvalue weighted by molar-refractivity contribution is 7.91. The molecule has 0 fully saturated rings. The van der Waals surface area contributed by atoms with Gasteiger partial charge >= 0.3 is 0 Å². The van der Waals surface area contributed by atoms with Crippen LogP contribution in [0.3, 0.4) is 0 Å². The van der Waals surface area contributed by atoms with E-state index in [0.29, 0.717) is 40.5 Å². The Balaban J connectivity index is 1.41. The highest BCUT2D eigenvalue weighted by Crippen LogP contribution is 2.47. The maximum Gasteiger partial charge on any atom is 0.198 e. The van der Waals surface area contributed by atoms with Crippen LogP contribution in [0, 0.1) is 0 Å². The average Bonchev–Trinajstić information content (AvgIpc) is 3.53. The summed E-state index contributed by atoms with van der Waals surface area (Å²) in [7, 11) is -3.33. The summed E-state index contributed by atoms with van der Waals surface area (Å²) in [5.74, 6) is 1.60. The van der Waals surface area contributed by atoms with Crippen molar-refractivity contribution in [3.8, 4) is 34.8 Å². The van der Waals surface area contributed by atoms with Crippen LogP contribution in [0.2, 0.25) is 0 Å². The molecule has 0 bridgehead atoms. The molecule has 0 amide bonds. The summed E-state index contributed by atoms with van der Waals surface area (Å²) in [6.45, 7) is 1.76. The zero-order valence-electron chi connectivity index (χ0n) is 19.3. The van der Waals surface area contributed by atoms with E-state index < -0.39 is 9.84 Å². The molecule has 2 aromatic carbocycles. The van der Waals surface area contributed by atoms with Crippen molar-refractivity contribution in [1.29, 1.82) is 0 Å². The molecule has 3 heterocycles. The third-order valence-electron chi connectivity index (χ3n) is 6.33. The van der Waals surface area contributed by atoms with E-state index in [4.69, 9.17) is 4.74 Å². The first-order valence-electron chi connectivity index (χ1n) is 11.4. The van der Waals surface area contributed by atoms with Gasteiger partial charge in [-0.25, -0.2) is 13.4 Å². The fourth-order valence-electron chi connectivity index (χ4n) is 4.24. The van der Waals surface area contributed by atoms with Gasteiger partial charge in [0.25, 0.3) is 0 Å². The molecule has 0 radical (unpaired) electrons. The number of aromatic nitrogens is 4. The van der Waals surface area contributed by atoms with Gasteiger partial charge in [0.05, 0.1) is 28.2 Å². The number of fused-ring (bicyclic) bond motifs is 2. The number of nitrogens with one attached hydrogen (secondary N) is 1. The normalized spacial score (nSPS) is 12.6. The third kappa shape index (κ3) is 3.75. The van der Waals surface area contributed by atoms with Crippen molar-refractivity contribution in [1.82, 2.24) is 19.5 Å². The number of nitrogens with zero attached hydrogens (tertiary/aromatic N) is 3. The Hall–Kier alpha value is -4.31. The third-order valence-corrected chi connectivity index (χ3v) is 8.09. The summed E-state index contributed by atoms with van der Waals surface area (Å²) in [5, 5.41) is 21.0. The van der Waals surface area contributed by atoms with E-state index in [9.17, 15) is 18.6 Å². The van der Waals surface area contributed by atoms with Crippen LogP contribution in [0.1, 0.15) is 23.6 Å². The number of hydrogen-bond donors (Lipinski definition) is 3. The topological polar surface area (TPSA) is 130 Å². The van der Waals surface area contributed by atoms with E-state index >= 15 is 0 Å². The standard InChI is InChI=1S/C26H22N4O5S/c1-2-36(33,34)17-8-6-16(7-9-17)35-23-13-22-21(28-24(29-22)20-5-3-4-10-27-20)11-15(23)14-30-25(31)18-12-19(18)26(30)32/h3-11,13,31-32H,2,12,14H2,1H3,(H,28,29). The summed E-state index contributed by atoms with van der Waals surface area (Å²) in [6.07, 6.45) is 2.29. The molecule has 10 heteroatoms. The van der Waals surface area contributed by atoms with Gasteiger partial charge in [-0.05, 0) is 42.5 Å². The fourth-order valence-corrected chi connectivity index (χ4v) is 5.12. The lowest BCUT2D eigenvalue weighted by Gasteiger charge is -2.14. The Morgan fingerprint density at radius 3 is 2.47 bits per heavy atom. The molecule has 0 atom stereocenters. The highest BCUT2D eigenvalue weighted by Gasteiger charge is 2.33. The number of ether oxygens (including phenoxy) is 1. The van der Waals surface area contributed by atoms with Crippen LogP contribution in [0.5, 0.6) is 23.3 Å². The smallest absolute Gasteiger partial charge is 0.198 e. The highest BCUT2D eigenvalue weighted by atomic mass is 32.2. The fraction of sp³-hybridized carbons (Fsp3) is 0.154. The number of benzene rings is 2. The van der Waals surface area contributed by atoms with Gasteiger partial charge < -0.3 is 19.9 Å². The first-order valence-corrected chi connectivity index (χ1v) is 13.1.